The van der Waals surface area contributed by atoms with Gasteiger partial charge < -0.3 is 13.7 Å². The fraction of sp³-hybridized carbons (Fsp3) is 0. The number of rotatable bonds is 3. The molecule has 226 valence electrons. The predicted octanol–water partition coefficient (Wildman–Crippen LogP) is 10.7. The zero-order valence-electron chi connectivity index (χ0n) is 26.2. The molecule has 10 aromatic rings. The molecule has 0 spiro atoms. The highest BCUT2D eigenvalue weighted by Crippen LogP contribution is 2.43. The van der Waals surface area contributed by atoms with Crippen molar-refractivity contribution in [3.63, 3.8) is 0 Å². The van der Waals surface area contributed by atoms with Crippen LogP contribution in [0.15, 0.2) is 152 Å². The third-order valence-corrected chi connectivity index (χ3v) is 9.86. The molecule has 0 radical (unpaired) electrons. The highest BCUT2D eigenvalue weighted by molar-refractivity contribution is 6.29. The monoisotopic (exact) mass is 623 g/mol. The molecule has 0 N–H and O–H groups in total. The summed E-state index contributed by atoms with van der Waals surface area (Å²) in [6.45, 7) is 0. The van der Waals surface area contributed by atoms with Crippen LogP contribution in [0.25, 0.3) is 82.5 Å². The lowest BCUT2D eigenvalue weighted by Crippen LogP contribution is -1.98. The van der Waals surface area contributed by atoms with Gasteiger partial charge in [0.2, 0.25) is 0 Å². The first-order chi connectivity index (χ1) is 24.2. The van der Waals surface area contributed by atoms with Crippen LogP contribution in [0.1, 0.15) is 11.1 Å². The van der Waals surface area contributed by atoms with Crippen LogP contribution in [-0.2, 0) is 0 Å². The van der Waals surface area contributed by atoms with Gasteiger partial charge in [-0.2, -0.15) is 10.5 Å². The number of fused-ring (bicyclic) bond motifs is 10. The Bertz CT molecular complexity index is 3070. The van der Waals surface area contributed by atoms with Crippen LogP contribution in [0.3, 0.4) is 0 Å². The number of benzene rings is 7. The second-order valence-electron chi connectivity index (χ2n) is 12.4. The number of nitrogens with zero attached hydrogens (tertiary/aromatic N) is 5. The van der Waals surface area contributed by atoms with Crippen LogP contribution in [0, 0.1) is 22.7 Å². The Balaban J connectivity index is 1.29. The Morgan fingerprint density at radius 1 is 0.327 bits per heavy atom. The van der Waals surface area contributed by atoms with Crippen molar-refractivity contribution in [2.45, 2.75) is 0 Å². The average molecular weight is 624 g/mol. The topological polar surface area (TPSA) is 62.4 Å². The zero-order chi connectivity index (χ0) is 32.6. The van der Waals surface area contributed by atoms with E-state index in [9.17, 15) is 10.5 Å². The molecule has 49 heavy (non-hydrogen) atoms. The molecule has 0 fully saturated rings. The second kappa shape index (κ2) is 10.2. The fourth-order valence-electron chi connectivity index (χ4n) is 7.86. The van der Waals surface area contributed by atoms with E-state index in [0.29, 0.717) is 11.1 Å². The lowest BCUT2D eigenvalue weighted by atomic mass is 10.0. The van der Waals surface area contributed by atoms with Crippen molar-refractivity contribution in [1.29, 1.82) is 10.5 Å². The molecule has 3 heterocycles. The van der Waals surface area contributed by atoms with Crippen LogP contribution in [0.5, 0.6) is 0 Å². The summed E-state index contributed by atoms with van der Waals surface area (Å²) in [5.41, 5.74) is 11.0. The van der Waals surface area contributed by atoms with E-state index in [1.54, 1.807) is 0 Å². The van der Waals surface area contributed by atoms with E-state index >= 15 is 0 Å². The first-order valence-electron chi connectivity index (χ1n) is 16.2. The molecule has 10 rings (SSSR count). The number of nitriles is 2. The predicted molar refractivity (Wildman–Crippen MR) is 199 cm³/mol. The van der Waals surface area contributed by atoms with Crippen molar-refractivity contribution in [2.75, 3.05) is 0 Å². The van der Waals surface area contributed by atoms with Gasteiger partial charge in [0.15, 0.2) is 0 Å². The van der Waals surface area contributed by atoms with Crippen LogP contribution >= 0.6 is 0 Å². The molecule has 5 nitrogen and oxygen atoms in total. The van der Waals surface area contributed by atoms with Gasteiger partial charge >= 0.3 is 0 Å². The fourth-order valence-corrected chi connectivity index (χ4v) is 7.86. The van der Waals surface area contributed by atoms with E-state index in [4.69, 9.17) is 0 Å². The lowest BCUT2D eigenvalue weighted by molar-refractivity contribution is 1.13. The quantitative estimate of drug-likeness (QED) is 0.197. The number of hydrogen-bond acceptors (Lipinski definition) is 2. The van der Waals surface area contributed by atoms with Gasteiger partial charge in [0, 0.05) is 49.4 Å². The maximum Gasteiger partial charge on any atom is 0.0991 e. The maximum atomic E-state index is 9.92. The Kier molecular flexibility index (Phi) is 5.64. The standard InChI is InChI=1S/C44H25N5/c45-26-28-17-19-39-35(23-28)33-13-4-6-15-37(33)48(39)31-11-8-12-32(25-31)49-38-16-7-5-14-34(38)43-41(49)21-22-42-44(43)36-24-29(27-46)18-20-40(36)47(42)30-9-2-1-3-10-30/h1-25H. The van der Waals surface area contributed by atoms with Crippen molar-refractivity contribution in [2.24, 2.45) is 0 Å². The molecule has 5 heteroatoms. The molecular formula is C44H25N5. The zero-order valence-corrected chi connectivity index (χ0v) is 26.2. The summed E-state index contributed by atoms with van der Waals surface area (Å²) in [4.78, 5) is 0. The Labute approximate surface area is 280 Å². The van der Waals surface area contributed by atoms with Gasteiger partial charge in [0.25, 0.3) is 0 Å². The molecule has 0 aliphatic heterocycles. The van der Waals surface area contributed by atoms with Gasteiger partial charge in [0.1, 0.15) is 0 Å². The van der Waals surface area contributed by atoms with Gasteiger partial charge in [-0.25, -0.2) is 0 Å². The van der Waals surface area contributed by atoms with Crippen LogP contribution < -0.4 is 0 Å². The first-order valence-corrected chi connectivity index (χ1v) is 16.2. The maximum absolute atomic E-state index is 9.92. The van der Waals surface area contributed by atoms with E-state index in [-0.39, 0.29) is 0 Å². The van der Waals surface area contributed by atoms with Crippen molar-refractivity contribution in [3.8, 4) is 29.2 Å². The molecule has 0 bridgehead atoms. The minimum atomic E-state index is 0.640. The van der Waals surface area contributed by atoms with E-state index in [1.165, 1.54) is 0 Å². The molecule has 0 aliphatic rings. The highest BCUT2D eigenvalue weighted by Gasteiger charge is 2.21. The summed E-state index contributed by atoms with van der Waals surface area (Å²) in [5, 5.41) is 26.2. The minimum absolute atomic E-state index is 0.640. The van der Waals surface area contributed by atoms with Crippen LogP contribution in [0.4, 0.5) is 0 Å². The first kappa shape index (κ1) is 27.1. The largest absolute Gasteiger partial charge is 0.309 e. The smallest absolute Gasteiger partial charge is 0.0991 e. The molecule has 0 saturated heterocycles. The van der Waals surface area contributed by atoms with E-state index in [2.05, 4.69) is 147 Å². The lowest BCUT2D eigenvalue weighted by Gasteiger charge is -2.13. The number of para-hydroxylation sites is 3. The summed E-state index contributed by atoms with van der Waals surface area (Å²) in [5.74, 6) is 0. The number of aromatic nitrogens is 3. The summed E-state index contributed by atoms with van der Waals surface area (Å²) in [6, 6.07) is 57.2. The Morgan fingerprint density at radius 3 is 1.45 bits per heavy atom. The third-order valence-electron chi connectivity index (χ3n) is 9.86. The van der Waals surface area contributed by atoms with Gasteiger partial charge in [-0.05, 0) is 91.0 Å². The van der Waals surface area contributed by atoms with Gasteiger partial charge in [-0.15, -0.1) is 0 Å². The van der Waals surface area contributed by atoms with Gasteiger partial charge in [-0.3, -0.25) is 0 Å². The van der Waals surface area contributed by atoms with Crippen molar-refractivity contribution in [3.05, 3.63) is 163 Å². The molecule has 0 atom stereocenters. The Morgan fingerprint density at radius 2 is 0.776 bits per heavy atom. The van der Waals surface area contributed by atoms with E-state index in [1.807, 2.05) is 30.3 Å². The third kappa shape index (κ3) is 3.79. The molecule has 0 aliphatic carbocycles. The van der Waals surface area contributed by atoms with Crippen LogP contribution in [0.2, 0.25) is 0 Å². The second-order valence-corrected chi connectivity index (χ2v) is 12.4. The molecule has 0 amide bonds. The minimum Gasteiger partial charge on any atom is -0.309 e. The average Bonchev–Trinajstić information content (AvgIpc) is 3.80. The Hall–Kier alpha value is -7.08. The normalized spacial score (nSPS) is 11.6. The molecule has 3 aromatic heterocycles. The summed E-state index contributed by atoms with van der Waals surface area (Å²) >= 11 is 0. The molecule has 0 unspecified atom stereocenters. The van der Waals surface area contributed by atoms with Gasteiger partial charge in [0.05, 0.1) is 56.4 Å². The van der Waals surface area contributed by atoms with E-state index in [0.717, 1.165) is 82.5 Å². The van der Waals surface area contributed by atoms with Crippen molar-refractivity contribution < 1.29 is 0 Å². The van der Waals surface area contributed by atoms with Gasteiger partial charge in [-0.1, -0.05) is 60.7 Å². The van der Waals surface area contributed by atoms with Crippen LogP contribution in [-0.4, -0.2) is 13.7 Å². The van der Waals surface area contributed by atoms with Crippen molar-refractivity contribution >= 4 is 65.4 Å². The van der Waals surface area contributed by atoms with E-state index < -0.39 is 0 Å². The van der Waals surface area contributed by atoms with Crippen molar-refractivity contribution in [1.82, 2.24) is 13.7 Å². The summed E-state index contributed by atoms with van der Waals surface area (Å²) < 4.78 is 6.95. The summed E-state index contributed by atoms with van der Waals surface area (Å²) in [6.07, 6.45) is 0. The SMILES string of the molecule is N#Cc1ccc2c(c1)c1ccccc1n2-c1cccc(-n2c3ccccc3c3c4c5cc(C#N)ccc5n(-c5ccccc5)c4ccc32)c1. The molecule has 0 saturated carbocycles. The number of hydrogen-bond donors (Lipinski definition) is 0. The molecular weight excluding hydrogens is 599 g/mol. The highest BCUT2D eigenvalue weighted by atomic mass is 15.0. The molecule has 7 aromatic carbocycles. The summed E-state index contributed by atoms with van der Waals surface area (Å²) in [7, 11) is 0.